The smallest absolute Gasteiger partial charge is 0.313 e. The number of carbonyl (C=O) groups excluding carboxylic acids is 1. The Balaban J connectivity index is 2.06. The fraction of sp³-hybridized carbons (Fsp3) is 0.0625. The maximum Gasteiger partial charge on any atom is 0.313 e. The molecule has 0 saturated heterocycles. The second-order valence-corrected chi connectivity index (χ2v) is 4.54. The van der Waals surface area contributed by atoms with E-state index in [0.717, 1.165) is 16.5 Å². The van der Waals surface area contributed by atoms with Crippen molar-refractivity contribution in [2.75, 3.05) is 0 Å². The average Bonchev–Trinajstić information content (AvgIpc) is 2.89. The van der Waals surface area contributed by atoms with Gasteiger partial charge in [0.25, 0.3) is 0 Å². The lowest BCUT2D eigenvalue weighted by Crippen LogP contribution is -2.33. The number of primary amides is 1. The van der Waals surface area contributed by atoms with E-state index in [1.54, 1.807) is 0 Å². The molecule has 0 aliphatic heterocycles. The number of urea groups is 1. The van der Waals surface area contributed by atoms with E-state index in [1.165, 1.54) is 0 Å². The van der Waals surface area contributed by atoms with Crippen molar-refractivity contribution < 1.29 is 9.21 Å². The Kier molecular flexibility index (Phi) is 3.13. The van der Waals surface area contributed by atoms with Crippen molar-refractivity contribution in [1.82, 2.24) is 5.32 Å². The summed E-state index contributed by atoms with van der Waals surface area (Å²) in [6.07, 6.45) is 0. The van der Waals surface area contributed by atoms with Gasteiger partial charge in [-0.05, 0) is 17.7 Å². The number of benzene rings is 2. The van der Waals surface area contributed by atoms with Crippen LogP contribution >= 0.6 is 0 Å². The van der Waals surface area contributed by atoms with Crippen LogP contribution in [-0.2, 0) is 0 Å². The van der Waals surface area contributed by atoms with Gasteiger partial charge in [-0.1, -0.05) is 48.5 Å². The van der Waals surface area contributed by atoms with Gasteiger partial charge in [-0.25, -0.2) is 4.79 Å². The number of amides is 2. The van der Waals surface area contributed by atoms with Gasteiger partial charge in [-0.2, -0.15) is 0 Å². The van der Waals surface area contributed by atoms with Crippen LogP contribution in [0.5, 0.6) is 0 Å². The Morgan fingerprint density at radius 1 is 1.05 bits per heavy atom. The molecule has 4 nitrogen and oxygen atoms in total. The summed E-state index contributed by atoms with van der Waals surface area (Å²) in [5.74, 6) is 0.663. The number of furan rings is 1. The maximum absolute atomic E-state index is 11.2. The van der Waals surface area contributed by atoms with Crippen molar-refractivity contribution in [3.8, 4) is 0 Å². The normalized spacial score (nSPS) is 12.2. The van der Waals surface area contributed by atoms with Crippen LogP contribution in [0.4, 0.5) is 4.79 Å². The standard InChI is InChI=1S/C16H14N2O2/c17-16(19)18-15(11-6-2-1-3-7-11)14-10-12-8-4-5-9-13(12)20-14/h1-10,15H,(H3,17,18,19). The molecule has 0 aliphatic carbocycles. The number of para-hydroxylation sites is 1. The van der Waals surface area contributed by atoms with Gasteiger partial charge in [0, 0.05) is 5.39 Å². The van der Waals surface area contributed by atoms with Crippen LogP contribution in [-0.4, -0.2) is 6.03 Å². The molecule has 0 spiro atoms. The van der Waals surface area contributed by atoms with Gasteiger partial charge < -0.3 is 15.5 Å². The van der Waals surface area contributed by atoms with Crippen LogP contribution in [0.1, 0.15) is 17.4 Å². The maximum atomic E-state index is 11.2. The number of fused-ring (bicyclic) bond motifs is 1. The second kappa shape index (κ2) is 5.09. The van der Waals surface area contributed by atoms with Crippen LogP contribution < -0.4 is 11.1 Å². The van der Waals surface area contributed by atoms with Crippen molar-refractivity contribution in [3.63, 3.8) is 0 Å². The van der Waals surface area contributed by atoms with Gasteiger partial charge in [0.1, 0.15) is 17.4 Å². The molecule has 0 bridgehead atoms. The van der Waals surface area contributed by atoms with Crippen molar-refractivity contribution in [2.24, 2.45) is 5.73 Å². The summed E-state index contributed by atoms with van der Waals surface area (Å²) in [7, 11) is 0. The van der Waals surface area contributed by atoms with Gasteiger partial charge >= 0.3 is 6.03 Å². The average molecular weight is 266 g/mol. The lowest BCUT2D eigenvalue weighted by molar-refractivity contribution is 0.245. The summed E-state index contributed by atoms with van der Waals surface area (Å²) in [5, 5.41) is 3.71. The quantitative estimate of drug-likeness (QED) is 0.764. The van der Waals surface area contributed by atoms with E-state index in [9.17, 15) is 4.79 Å². The van der Waals surface area contributed by atoms with E-state index in [0.29, 0.717) is 5.76 Å². The molecule has 3 aromatic rings. The molecule has 2 amide bonds. The fourth-order valence-corrected chi connectivity index (χ4v) is 2.25. The third kappa shape index (κ3) is 2.36. The minimum atomic E-state index is -0.584. The summed E-state index contributed by atoms with van der Waals surface area (Å²) < 4.78 is 5.82. The van der Waals surface area contributed by atoms with E-state index in [4.69, 9.17) is 10.2 Å². The SMILES string of the molecule is NC(=O)NC(c1ccccc1)c1cc2ccccc2o1. The molecule has 3 rings (SSSR count). The zero-order chi connectivity index (χ0) is 13.9. The fourth-order valence-electron chi connectivity index (χ4n) is 2.25. The largest absolute Gasteiger partial charge is 0.459 e. The second-order valence-electron chi connectivity index (χ2n) is 4.54. The minimum Gasteiger partial charge on any atom is -0.459 e. The third-order valence-electron chi connectivity index (χ3n) is 3.15. The Morgan fingerprint density at radius 2 is 1.75 bits per heavy atom. The molecule has 1 unspecified atom stereocenters. The Morgan fingerprint density at radius 3 is 2.45 bits per heavy atom. The molecule has 0 fully saturated rings. The number of hydrogen-bond donors (Lipinski definition) is 2. The summed E-state index contributed by atoms with van der Waals surface area (Å²) in [4.78, 5) is 11.2. The summed E-state index contributed by atoms with van der Waals surface area (Å²) >= 11 is 0. The highest BCUT2D eigenvalue weighted by molar-refractivity contribution is 5.78. The van der Waals surface area contributed by atoms with E-state index in [-0.39, 0.29) is 6.04 Å². The molecule has 1 aromatic heterocycles. The molecule has 0 aliphatic rings. The molecule has 3 N–H and O–H groups in total. The van der Waals surface area contributed by atoms with Crippen molar-refractivity contribution >= 4 is 17.0 Å². The number of hydrogen-bond acceptors (Lipinski definition) is 2. The highest BCUT2D eigenvalue weighted by atomic mass is 16.3. The first kappa shape index (κ1) is 12.3. The predicted molar refractivity (Wildman–Crippen MR) is 77.2 cm³/mol. The van der Waals surface area contributed by atoms with E-state index >= 15 is 0 Å². The molecule has 2 aromatic carbocycles. The van der Waals surface area contributed by atoms with E-state index in [1.807, 2.05) is 60.7 Å². The highest BCUT2D eigenvalue weighted by Gasteiger charge is 2.19. The van der Waals surface area contributed by atoms with Gasteiger partial charge in [-0.15, -0.1) is 0 Å². The van der Waals surface area contributed by atoms with E-state index < -0.39 is 6.03 Å². The molecule has 0 saturated carbocycles. The lowest BCUT2D eigenvalue weighted by Gasteiger charge is -2.15. The number of nitrogens with two attached hydrogens (primary N) is 1. The minimum absolute atomic E-state index is 0.388. The molecule has 100 valence electrons. The molecule has 0 radical (unpaired) electrons. The Bertz CT molecular complexity index is 701. The van der Waals surface area contributed by atoms with Gasteiger partial charge in [-0.3, -0.25) is 0 Å². The zero-order valence-electron chi connectivity index (χ0n) is 10.7. The third-order valence-corrected chi connectivity index (χ3v) is 3.15. The van der Waals surface area contributed by atoms with Crippen LogP contribution in [0, 0.1) is 0 Å². The Hall–Kier alpha value is -2.75. The van der Waals surface area contributed by atoms with Gasteiger partial charge in [0.2, 0.25) is 0 Å². The number of nitrogens with one attached hydrogen (secondary N) is 1. The zero-order valence-corrected chi connectivity index (χ0v) is 10.7. The van der Waals surface area contributed by atoms with Gasteiger partial charge in [0.05, 0.1) is 0 Å². The van der Waals surface area contributed by atoms with E-state index in [2.05, 4.69) is 5.32 Å². The number of carbonyl (C=O) groups is 1. The number of rotatable bonds is 3. The predicted octanol–water partition coefficient (Wildman–Crippen LogP) is 3.19. The molecular formula is C16H14N2O2. The van der Waals surface area contributed by atoms with Crippen LogP contribution in [0.15, 0.2) is 65.1 Å². The topological polar surface area (TPSA) is 68.3 Å². The molecule has 1 heterocycles. The van der Waals surface area contributed by atoms with Crippen LogP contribution in [0.25, 0.3) is 11.0 Å². The van der Waals surface area contributed by atoms with Crippen molar-refractivity contribution in [2.45, 2.75) is 6.04 Å². The monoisotopic (exact) mass is 266 g/mol. The van der Waals surface area contributed by atoms with Crippen LogP contribution in [0.3, 0.4) is 0 Å². The molecule has 20 heavy (non-hydrogen) atoms. The summed E-state index contributed by atoms with van der Waals surface area (Å²) in [5.41, 5.74) is 6.98. The highest BCUT2D eigenvalue weighted by Crippen LogP contribution is 2.28. The first-order valence-corrected chi connectivity index (χ1v) is 6.33. The molecule has 1 atom stereocenters. The first-order valence-electron chi connectivity index (χ1n) is 6.33. The summed E-state index contributed by atoms with van der Waals surface area (Å²) in [6, 6.07) is 18.3. The Labute approximate surface area is 116 Å². The first-order chi connectivity index (χ1) is 9.74. The molecular weight excluding hydrogens is 252 g/mol. The van der Waals surface area contributed by atoms with Gasteiger partial charge in [0.15, 0.2) is 0 Å². The lowest BCUT2D eigenvalue weighted by atomic mass is 10.0. The van der Waals surface area contributed by atoms with Crippen molar-refractivity contribution in [1.29, 1.82) is 0 Å². The van der Waals surface area contributed by atoms with Crippen molar-refractivity contribution in [3.05, 3.63) is 72.0 Å². The molecule has 4 heteroatoms. The van der Waals surface area contributed by atoms with Crippen LogP contribution in [0.2, 0.25) is 0 Å². The summed E-state index contributed by atoms with van der Waals surface area (Å²) in [6.45, 7) is 0.